The largest absolute Gasteiger partial charge is 0.373 e. The molecule has 0 saturated heterocycles. The van der Waals surface area contributed by atoms with E-state index in [1.165, 1.54) is 5.56 Å². The third-order valence-corrected chi connectivity index (χ3v) is 2.79. The van der Waals surface area contributed by atoms with Gasteiger partial charge in [-0.05, 0) is 19.3 Å². The lowest BCUT2D eigenvalue weighted by Gasteiger charge is -2.10. The number of hydrogen-bond donors (Lipinski definition) is 0. The summed E-state index contributed by atoms with van der Waals surface area (Å²) in [6, 6.07) is 7.62. The summed E-state index contributed by atoms with van der Waals surface area (Å²) in [4.78, 5) is 11.8. The molecule has 0 N–H and O–H groups in total. The van der Waals surface area contributed by atoms with Crippen molar-refractivity contribution in [1.29, 1.82) is 0 Å². The van der Waals surface area contributed by atoms with Crippen LogP contribution < -0.4 is 0 Å². The van der Waals surface area contributed by atoms with Gasteiger partial charge in [0.25, 0.3) is 0 Å². The molecule has 1 unspecified atom stereocenters. The Labute approximate surface area is 104 Å². The van der Waals surface area contributed by atoms with E-state index in [4.69, 9.17) is 4.74 Å². The molecule has 0 aliphatic heterocycles. The number of rotatable bonds is 7. The zero-order valence-corrected chi connectivity index (χ0v) is 11.0. The van der Waals surface area contributed by atoms with Gasteiger partial charge in [0.1, 0.15) is 6.61 Å². The number of benzene rings is 1. The Morgan fingerprint density at radius 3 is 2.53 bits per heavy atom. The van der Waals surface area contributed by atoms with Crippen molar-refractivity contribution in [3.63, 3.8) is 0 Å². The summed E-state index contributed by atoms with van der Waals surface area (Å²) in [6.45, 7) is 7.19. The first-order valence-corrected chi connectivity index (χ1v) is 6.31. The molecule has 0 bridgehead atoms. The molecule has 0 aromatic heterocycles. The molecule has 0 aliphatic rings. The molecule has 0 heterocycles. The first kappa shape index (κ1) is 13.9. The SMILES string of the molecule is CCCC(C)COCC(=O)c1ccc(C)cc1. The second-order valence-corrected chi connectivity index (χ2v) is 4.70. The molecular formula is C15H22O2. The summed E-state index contributed by atoms with van der Waals surface area (Å²) in [5.74, 6) is 0.597. The van der Waals surface area contributed by atoms with E-state index in [0.29, 0.717) is 12.5 Å². The number of hydrogen-bond acceptors (Lipinski definition) is 2. The van der Waals surface area contributed by atoms with E-state index in [2.05, 4.69) is 13.8 Å². The normalized spacial score (nSPS) is 12.4. The summed E-state index contributed by atoms with van der Waals surface area (Å²) in [5, 5.41) is 0. The van der Waals surface area contributed by atoms with E-state index in [0.717, 1.165) is 18.4 Å². The molecule has 17 heavy (non-hydrogen) atoms. The number of Topliss-reactive ketones (excluding diaryl/α,β-unsaturated/α-hetero) is 1. The molecule has 0 fully saturated rings. The summed E-state index contributed by atoms with van der Waals surface area (Å²) in [5.41, 5.74) is 1.90. The summed E-state index contributed by atoms with van der Waals surface area (Å²) < 4.78 is 5.44. The molecular weight excluding hydrogens is 212 g/mol. The van der Waals surface area contributed by atoms with Gasteiger partial charge in [-0.25, -0.2) is 0 Å². The Balaban J connectivity index is 2.32. The minimum Gasteiger partial charge on any atom is -0.373 e. The van der Waals surface area contributed by atoms with Gasteiger partial charge in [-0.15, -0.1) is 0 Å². The third kappa shape index (κ3) is 5.14. The average molecular weight is 234 g/mol. The van der Waals surface area contributed by atoms with Gasteiger partial charge < -0.3 is 4.74 Å². The van der Waals surface area contributed by atoms with Gasteiger partial charge >= 0.3 is 0 Å². The van der Waals surface area contributed by atoms with Crippen LogP contribution in [0, 0.1) is 12.8 Å². The monoisotopic (exact) mass is 234 g/mol. The van der Waals surface area contributed by atoms with Crippen LogP contribution in [-0.2, 0) is 4.74 Å². The van der Waals surface area contributed by atoms with Crippen LogP contribution in [0.3, 0.4) is 0 Å². The van der Waals surface area contributed by atoms with Crippen molar-refractivity contribution in [2.45, 2.75) is 33.6 Å². The highest BCUT2D eigenvalue weighted by molar-refractivity contribution is 5.97. The fourth-order valence-electron chi connectivity index (χ4n) is 1.75. The number of carbonyl (C=O) groups excluding carboxylic acids is 1. The lowest BCUT2D eigenvalue weighted by molar-refractivity contribution is 0.0683. The zero-order chi connectivity index (χ0) is 12.7. The quantitative estimate of drug-likeness (QED) is 0.673. The molecule has 1 aromatic rings. The maximum absolute atomic E-state index is 11.8. The Kier molecular flexibility index (Phi) is 5.92. The Bertz CT molecular complexity index is 340. The maximum Gasteiger partial charge on any atom is 0.188 e. The summed E-state index contributed by atoms with van der Waals surface area (Å²) >= 11 is 0. The lowest BCUT2D eigenvalue weighted by Crippen LogP contribution is -2.13. The number of ketones is 1. The second-order valence-electron chi connectivity index (χ2n) is 4.70. The minimum absolute atomic E-state index is 0.0636. The number of carbonyl (C=O) groups is 1. The molecule has 1 atom stereocenters. The van der Waals surface area contributed by atoms with Crippen LogP contribution in [0.15, 0.2) is 24.3 Å². The predicted octanol–water partition coefficient (Wildman–Crippen LogP) is 3.63. The van der Waals surface area contributed by atoms with E-state index >= 15 is 0 Å². The Hall–Kier alpha value is -1.15. The van der Waals surface area contributed by atoms with E-state index in [-0.39, 0.29) is 12.4 Å². The Morgan fingerprint density at radius 2 is 1.94 bits per heavy atom. The third-order valence-electron chi connectivity index (χ3n) is 2.79. The van der Waals surface area contributed by atoms with Gasteiger partial charge in [0, 0.05) is 12.2 Å². The molecule has 0 saturated carbocycles. The van der Waals surface area contributed by atoms with Crippen LogP contribution in [0.1, 0.15) is 42.6 Å². The summed E-state index contributed by atoms with van der Waals surface area (Å²) in [6.07, 6.45) is 2.31. The van der Waals surface area contributed by atoms with E-state index < -0.39 is 0 Å². The summed E-state index contributed by atoms with van der Waals surface area (Å²) in [7, 11) is 0. The fourth-order valence-corrected chi connectivity index (χ4v) is 1.75. The van der Waals surface area contributed by atoms with Crippen molar-refractivity contribution in [1.82, 2.24) is 0 Å². The van der Waals surface area contributed by atoms with Gasteiger partial charge in [0.15, 0.2) is 5.78 Å². The van der Waals surface area contributed by atoms with Crippen molar-refractivity contribution in [3.8, 4) is 0 Å². The second kappa shape index (κ2) is 7.23. The first-order valence-electron chi connectivity index (χ1n) is 6.31. The number of aryl methyl sites for hydroxylation is 1. The molecule has 0 spiro atoms. The highest BCUT2D eigenvalue weighted by Crippen LogP contribution is 2.07. The van der Waals surface area contributed by atoms with Crippen LogP contribution >= 0.6 is 0 Å². The van der Waals surface area contributed by atoms with Crippen molar-refractivity contribution in [2.75, 3.05) is 13.2 Å². The Morgan fingerprint density at radius 1 is 1.29 bits per heavy atom. The van der Waals surface area contributed by atoms with Gasteiger partial charge in [-0.3, -0.25) is 4.79 Å². The molecule has 0 radical (unpaired) electrons. The topological polar surface area (TPSA) is 26.3 Å². The standard InChI is InChI=1S/C15H22O2/c1-4-5-13(3)10-17-11-15(16)14-8-6-12(2)7-9-14/h6-9,13H,4-5,10-11H2,1-3H3. The van der Waals surface area contributed by atoms with Gasteiger partial charge in [0.2, 0.25) is 0 Å². The van der Waals surface area contributed by atoms with Gasteiger partial charge in [-0.2, -0.15) is 0 Å². The van der Waals surface area contributed by atoms with E-state index in [9.17, 15) is 4.79 Å². The lowest BCUT2D eigenvalue weighted by atomic mass is 10.1. The van der Waals surface area contributed by atoms with Crippen molar-refractivity contribution < 1.29 is 9.53 Å². The van der Waals surface area contributed by atoms with E-state index in [1.54, 1.807) is 0 Å². The number of ether oxygens (including phenoxy) is 1. The molecule has 0 amide bonds. The van der Waals surface area contributed by atoms with Crippen LogP contribution in [0.5, 0.6) is 0 Å². The maximum atomic E-state index is 11.8. The highest BCUT2D eigenvalue weighted by Gasteiger charge is 2.07. The molecule has 2 heteroatoms. The van der Waals surface area contributed by atoms with Crippen LogP contribution in [0.4, 0.5) is 0 Å². The fraction of sp³-hybridized carbons (Fsp3) is 0.533. The van der Waals surface area contributed by atoms with Crippen molar-refractivity contribution >= 4 is 5.78 Å². The van der Waals surface area contributed by atoms with Crippen molar-refractivity contribution in [3.05, 3.63) is 35.4 Å². The van der Waals surface area contributed by atoms with Crippen LogP contribution in [0.2, 0.25) is 0 Å². The minimum atomic E-state index is 0.0636. The average Bonchev–Trinajstić information content (AvgIpc) is 2.30. The van der Waals surface area contributed by atoms with Crippen LogP contribution in [0.25, 0.3) is 0 Å². The molecule has 0 aliphatic carbocycles. The van der Waals surface area contributed by atoms with E-state index in [1.807, 2.05) is 31.2 Å². The van der Waals surface area contributed by atoms with Crippen molar-refractivity contribution in [2.24, 2.45) is 5.92 Å². The molecule has 1 aromatic carbocycles. The smallest absolute Gasteiger partial charge is 0.188 e. The highest BCUT2D eigenvalue weighted by atomic mass is 16.5. The van der Waals surface area contributed by atoms with Gasteiger partial charge in [-0.1, -0.05) is 50.1 Å². The predicted molar refractivity (Wildman–Crippen MR) is 70.4 cm³/mol. The molecule has 94 valence electrons. The van der Waals surface area contributed by atoms with Gasteiger partial charge in [0.05, 0.1) is 0 Å². The first-order chi connectivity index (χ1) is 8.13. The van der Waals surface area contributed by atoms with Crippen LogP contribution in [-0.4, -0.2) is 19.0 Å². The molecule has 1 rings (SSSR count). The molecule has 2 nitrogen and oxygen atoms in total. The zero-order valence-electron chi connectivity index (χ0n) is 11.0.